The third-order valence-corrected chi connectivity index (χ3v) is 6.02. The average Bonchev–Trinajstić information content (AvgIpc) is 2.65. The van der Waals surface area contributed by atoms with Crippen molar-refractivity contribution in [3.63, 3.8) is 0 Å². The van der Waals surface area contributed by atoms with Gasteiger partial charge in [0, 0.05) is 18.7 Å². The van der Waals surface area contributed by atoms with Crippen molar-refractivity contribution in [1.82, 2.24) is 5.32 Å². The molecule has 2 rings (SSSR count). The van der Waals surface area contributed by atoms with Crippen LogP contribution in [0.1, 0.15) is 21.4 Å². The molecule has 2 aromatic rings. The minimum Gasteiger partial charge on any atom is -0.309 e. The van der Waals surface area contributed by atoms with Crippen LogP contribution in [0.2, 0.25) is 5.02 Å². The summed E-state index contributed by atoms with van der Waals surface area (Å²) in [5.74, 6) is 0. The first-order valence-corrected chi connectivity index (χ1v) is 8.19. The summed E-state index contributed by atoms with van der Waals surface area (Å²) in [7, 11) is 1.95. The Balaban J connectivity index is 2.52. The van der Waals surface area contributed by atoms with Crippen LogP contribution in [0, 0.1) is 6.92 Å². The monoisotopic (exact) mass is 407 g/mol. The lowest BCUT2D eigenvalue weighted by molar-refractivity contribution is 0.701. The first-order chi connectivity index (χ1) is 8.54. The minimum atomic E-state index is 0.100. The molecule has 0 aliphatic heterocycles. The molecule has 0 saturated carbocycles. The molecule has 18 heavy (non-hydrogen) atoms. The van der Waals surface area contributed by atoms with Crippen molar-refractivity contribution in [2.45, 2.75) is 13.0 Å². The Morgan fingerprint density at radius 3 is 2.56 bits per heavy atom. The van der Waals surface area contributed by atoms with Crippen LogP contribution in [0.25, 0.3) is 0 Å². The van der Waals surface area contributed by atoms with E-state index in [0.29, 0.717) is 0 Å². The highest BCUT2D eigenvalue weighted by Crippen LogP contribution is 2.39. The molecule has 0 radical (unpaired) electrons. The van der Waals surface area contributed by atoms with Crippen molar-refractivity contribution in [1.29, 1.82) is 0 Å². The minimum absolute atomic E-state index is 0.100. The highest BCUT2D eigenvalue weighted by molar-refractivity contribution is 9.10. The normalized spacial score (nSPS) is 12.7. The SMILES string of the molecule is CNC(c1cccc(Br)c1Cl)c1sc(C)cc1Br. The average molecular weight is 410 g/mol. The smallest absolute Gasteiger partial charge is 0.0695 e. The van der Waals surface area contributed by atoms with Crippen LogP contribution in [0.15, 0.2) is 33.2 Å². The van der Waals surface area contributed by atoms with Crippen LogP contribution in [-0.4, -0.2) is 7.05 Å². The zero-order valence-electron chi connectivity index (χ0n) is 9.93. The Kier molecular flexibility index (Phi) is 4.89. The number of halogens is 3. The van der Waals surface area contributed by atoms with E-state index in [1.165, 1.54) is 9.75 Å². The van der Waals surface area contributed by atoms with Gasteiger partial charge >= 0.3 is 0 Å². The first-order valence-electron chi connectivity index (χ1n) is 5.41. The highest BCUT2D eigenvalue weighted by Gasteiger charge is 2.20. The van der Waals surface area contributed by atoms with Crippen molar-refractivity contribution in [3.8, 4) is 0 Å². The van der Waals surface area contributed by atoms with E-state index in [1.807, 2.05) is 19.2 Å². The Hall–Kier alpha value is 0.130. The van der Waals surface area contributed by atoms with E-state index in [0.717, 1.165) is 19.5 Å². The fourth-order valence-electron chi connectivity index (χ4n) is 1.87. The van der Waals surface area contributed by atoms with E-state index in [1.54, 1.807) is 11.3 Å². The highest BCUT2D eigenvalue weighted by atomic mass is 79.9. The van der Waals surface area contributed by atoms with Gasteiger partial charge in [-0.05, 0) is 63.5 Å². The maximum atomic E-state index is 6.38. The summed E-state index contributed by atoms with van der Waals surface area (Å²) in [4.78, 5) is 2.53. The molecule has 0 spiro atoms. The molecule has 1 N–H and O–H groups in total. The van der Waals surface area contributed by atoms with Crippen LogP contribution in [0.3, 0.4) is 0 Å². The summed E-state index contributed by atoms with van der Waals surface area (Å²) in [6.45, 7) is 2.11. The molecule has 5 heteroatoms. The summed E-state index contributed by atoms with van der Waals surface area (Å²) in [5, 5.41) is 4.09. The van der Waals surface area contributed by atoms with Crippen LogP contribution in [-0.2, 0) is 0 Å². The van der Waals surface area contributed by atoms with Gasteiger partial charge in [0.25, 0.3) is 0 Å². The molecule has 96 valence electrons. The number of rotatable bonds is 3. The van der Waals surface area contributed by atoms with Crippen molar-refractivity contribution < 1.29 is 0 Å². The topological polar surface area (TPSA) is 12.0 Å². The fraction of sp³-hybridized carbons (Fsp3) is 0.231. The molecule has 1 nitrogen and oxygen atoms in total. The third kappa shape index (κ3) is 2.83. The van der Waals surface area contributed by atoms with Crippen molar-refractivity contribution in [3.05, 3.63) is 53.6 Å². The standard InChI is InChI=1S/C13H12Br2ClNS/c1-7-6-10(15)13(18-7)12(17-2)8-4-3-5-9(14)11(8)16/h3-6,12,17H,1-2H3. The van der Waals surface area contributed by atoms with Gasteiger partial charge in [-0.25, -0.2) is 0 Å². The summed E-state index contributed by atoms with van der Waals surface area (Å²) in [6, 6.07) is 8.24. The molecular weight excluding hydrogens is 397 g/mol. The predicted octanol–water partition coefficient (Wildman–Crippen LogP) is 5.54. The summed E-state index contributed by atoms with van der Waals surface area (Å²) >= 11 is 15.2. The first kappa shape index (κ1) is 14.5. The Bertz CT molecular complexity index is 568. The molecule has 0 amide bonds. The largest absolute Gasteiger partial charge is 0.309 e. The summed E-state index contributed by atoms with van der Waals surface area (Å²) < 4.78 is 2.05. The van der Waals surface area contributed by atoms with E-state index in [2.05, 4.69) is 56.2 Å². The molecule has 0 aliphatic carbocycles. The third-order valence-electron chi connectivity index (χ3n) is 2.68. The van der Waals surface area contributed by atoms with Crippen LogP contribution >= 0.6 is 54.8 Å². The number of aryl methyl sites for hydroxylation is 1. The molecule has 1 aromatic heterocycles. The van der Waals surface area contributed by atoms with Gasteiger partial charge in [-0.1, -0.05) is 23.7 Å². The Morgan fingerprint density at radius 2 is 2.00 bits per heavy atom. The number of hydrogen-bond acceptors (Lipinski definition) is 2. The number of nitrogens with one attached hydrogen (secondary N) is 1. The molecule has 0 fully saturated rings. The van der Waals surface area contributed by atoms with Gasteiger partial charge in [-0.3, -0.25) is 0 Å². The van der Waals surface area contributed by atoms with Gasteiger partial charge in [-0.15, -0.1) is 11.3 Å². The number of hydrogen-bond donors (Lipinski definition) is 1. The van der Waals surface area contributed by atoms with Crippen LogP contribution in [0.5, 0.6) is 0 Å². The summed E-state index contributed by atoms with van der Waals surface area (Å²) in [6.07, 6.45) is 0. The lowest BCUT2D eigenvalue weighted by Crippen LogP contribution is -2.17. The molecule has 0 saturated heterocycles. The second-order valence-electron chi connectivity index (χ2n) is 3.93. The fourth-order valence-corrected chi connectivity index (χ4v) is 4.50. The van der Waals surface area contributed by atoms with Crippen LogP contribution < -0.4 is 5.32 Å². The Labute approximate surface area is 133 Å². The predicted molar refractivity (Wildman–Crippen MR) is 86.8 cm³/mol. The maximum Gasteiger partial charge on any atom is 0.0695 e. The van der Waals surface area contributed by atoms with Gasteiger partial charge in [-0.2, -0.15) is 0 Å². The van der Waals surface area contributed by atoms with Gasteiger partial charge < -0.3 is 5.32 Å². The van der Waals surface area contributed by atoms with E-state index in [4.69, 9.17) is 11.6 Å². The van der Waals surface area contributed by atoms with Gasteiger partial charge in [0.15, 0.2) is 0 Å². The zero-order chi connectivity index (χ0) is 13.3. The zero-order valence-corrected chi connectivity index (χ0v) is 14.7. The molecule has 1 atom stereocenters. The number of benzene rings is 1. The lowest BCUT2D eigenvalue weighted by Gasteiger charge is -2.18. The second-order valence-corrected chi connectivity index (χ2v) is 7.31. The second kappa shape index (κ2) is 6.06. The van der Waals surface area contributed by atoms with Gasteiger partial charge in [0.2, 0.25) is 0 Å². The molecule has 1 aromatic carbocycles. The summed E-state index contributed by atoms with van der Waals surface area (Å²) in [5.41, 5.74) is 1.08. The van der Waals surface area contributed by atoms with Gasteiger partial charge in [0.1, 0.15) is 0 Å². The Morgan fingerprint density at radius 1 is 1.28 bits per heavy atom. The molecule has 0 bridgehead atoms. The van der Waals surface area contributed by atoms with Gasteiger partial charge in [0.05, 0.1) is 11.1 Å². The molecular formula is C13H12Br2ClNS. The van der Waals surface area contributed by atoms with E-state index < -0.39 is 0 Å². The van der Waals surface area contributed by atoms with Crippen molar-refractivity contribution in [2.24, 2.45) is 0 Å². The lowest BCUT2D eigenvalue weighted by atomic mass is 10.1. The van der Waals surface area contributed by atoms with E-state index in [9.17, 15) is 0 Å². The van der Waals surface area contributed by atoms with Crippen molar-refractivity contribution >= 4 is 54.8 Å². The van der Waals surface area contributed by atoms with Crippen LogP contribution in [0.4, 0.5) is 0 Å². The molecule has 1 unspecified atom stereocenters. The molecule has 0 aliphatic rings. The quantitative estimate of drug-likeness (QED) is 0.701. The maximum absolute atomic E-state index is 6.38. The van der Waals surface area contributed by atoms with E-state index >= 15 is 0 Å². The van der Waals surface area contributed by atoms with Crippen molar-refractivity contribution in [2.75, 3.05) is 7.05 Å². The number of thiophene rings is 1. The molecule has 1 heterocycles. The van der Waals surface area contributed by atoms with E-state index in [-0.39, 0.29) is 6.04 Å².